The fraction of sp³-hybridized carbons (Fsp3) is 0.429. The molecular weight excluding hydrogens is 201 g/mol. The van der Waals surface area contributed by atoms with Crippen LogP contribution in [-0.4, -0.2) is 12.1 Å². The van der Waals surface area contributed by atoms with Crippen molar-refractivity contribution in [1.29, 1.82) is 0 Å². The molecule has 0 bridgehead atoms. The van der Waals surface area contributed by atoms with Gasteiger partial charge >= 0.3 is 0 Å². The lowest BCUT2D eigenvalue weighted by Crippen LogP contribution is -2.35. The Kier molecular flexibility index (Phi) is 5.20. The molecule has 2 heteroatoms. The SMILES string of the molecule is C=CCC(C)NC(C)Cc1ccc(F)cc1. The van der Waals surface area contributed by atoms with Gasteiger partial charge in [0.25, 0.3) is 0 Å². The molecule has 1 nitrogen and oxygen atoms in total. The van der Waals surface area contributed by atoms with Crippen molar-refractivity contribution in [1.82, 2.24) is 5.32 Å². The number of rotatable bonds is 6. The first kappa shape index (κ1) is 12.9. The van der Waals surface area contributed by atoms with Crippen molar-refractivity contribution < 1.29 is 4.39 Å². The minimum Gasteiger partial charge on any atom is -0.311 e. The van der Waals surface area contributed by atoms with E-state index in [2.05, 4.69) is 25.7 Å². The first-order valence-electron chi connectivity index (χ1n) is 5.73. The largest absolute Gasteiger partial charge is 0.311 e. The van der Waals surface area contributed by atoms with Crippen LogP contribution in [0.4, 0.5) is 4.39 Å². The molecule has 0 heterocycles. The maximum atomic E-state index is 12.7. The normalized spacial score (nSPS) is 14.4. The van der Waals surface area contributed by atoms with Gasteiger partial charge in [-0.1, -0.05) is 18.2 Å². The molecule has 0 fully saturated rings. The van der Waals surface area contributed by atoms with Crippen molar-refractivity contribution in [2.45, 2.75) is 38.8 Å². The summed E-state index contributed by atoms with van der Waals surface area (Å²) in [6.45, 7) is 8.00. The molecule has 0 aromatic heterocycles. The lowest BCUT2D eigenvalue weighted by atomic mass is 10.1. The Morgan fingerprint density at radius 3 is 2.44 bits per heavy atom. The first-order chi connectivity index (χ1) is 7.61. The Morgan fingerprint density at radius 1 is 1.25 bits per heavy atom. The Bertz CT molecular complexity index is 318. The quantitative estimate of drug-likeness (QED) is 0.727. The molecule has 16 heavy (non-hydrogen) atoms. The molecule has 88 valence electrons. The Balaban J connectivity index is 2.41. The van der Waals surface area contributed by atoms with Crippen LogP contribution in [0.1, 0.15) is 25.8 Å². The van der Waals surface area contributed by atoms with E-state index in [-0.39, 0.29) is 5.82 Å². The maximum Gasteiger partial charge on any atom is 0.123 e. The second-order valence-corrected chi connectivity index (χ2v) is 4.32. The number of nitrogens with one attached hydrogen (secondary N) is 1. The predicted molar refractivity (Wildman–Crippen MR) is 67.0 cm³/mol. The highest BCUT2D eigenvalue weighted by molar-refractivity contribution is 5.17. The molecule has 0 saturated heterocycles. The molecule has 1 aromatic carbocycles. The van der Waals surface area contributed by atoms with E-state index in [9.17, 15) is 4.39 Å². The average Bonchev–Trinajstić information content (AvgIpc) is 2.21. The summed E-state index contributed by atoms with van der Waals surface area (Å²) in [5.41, 5.74) is 1.16. The van der Waals surface area contributed by atoms with Crippen LogP contribution >= 0.6 is 0 Å². The van der Waals surface area contributed by atoms with Crippen LogP contribution in [-0.2, 0) is 6.42 Å². The molecule has 0 amide bonds. The van der Waals surface area contributed by atoms with E-state index in [4.69, 9.17) is 0 Å². The molecule has 0 radical (unpaired) electrons. The maximum absolute atomic E-state index is 12.7. The summed E-state index contributed by atoms with van der Waals surface area (Å²) in [4.78, 5) is 0. The fourth-order valence-electron chi connectivity index (χ4n) is 1.84. The molecule has 0 aliphatic carbocycles. The highest BCUT2D eigenvalue weighted by atomic mass is 19.1. The number of hydrogen-bond donors (Lipinski definition) is 1. The van der Waals surface area contributed by atoms with E-state index in [0.29, 0.717) is 12.1 Å². The number of benzene rings is 1. The summed E-state index contributed by atoms with van der Waals surface area (Å²) in [5, 5.41) is 3.48. The van der Waals surface area contributed by atoms with Gasteiger partial charge in [0.15, 0.2) is 0 Å². The fourth-order valence-corrected chi connectivity index (χ4v) is 1.84. The van der Waals surface area contributed by atoms with Gasteiger partial charge < -0.3 is 5.32 Å². The molecule has 0 saturated carbocycles. The van der Waals surface area contributed by atoms with Gasteiger partial charge in [0, 0.05) is 12.1 Å². The number of halogens is 1. The van der Waals surface area contributed by atoms with Crippen molar-refractivity contribution in [2.75, 3.05) is 0 Å². The second-order valence-electron chi connectivity index (χ2n) is 4.32. The average molecular weight is 221 g/mol. The Hall–Kier alpha value is -1.15. The van der Waals surface area contributed by atoms with E-state index >= 15 is 0 Å². The standard InChI is InChI=1S/C14H20FN/c1-4-5-11(2)16-12(3)10-13-6-8-14(15)9-7-13/h4,6-9,11-12,16H,1,5,10H2,2-3H3. The summed E-state index contributed by atoms with van der Waals surface area (Å²) in [6, 6.07) is 7.52. The van der Waals surface area contributed by atoms with Crippen molar-refractivity contribution >= 4 is 0 Å². The van der Waals surface area contributed by atoms with Crippen LogP contribution in [0.25, 0.3) is 0 Å². The first-order valence-corrected chi connectivity index (χ1v) is 5.73. The van der Waals surface area contributed by atoms with Crippen LogP contribution in [0, 0.1) is 5.82 Å². The zero-order valence-electron chi connectivity index (χ0n) is 10.0. The molecular formula is C14H20FN. The van der Waals surface area contributed by atoms with Crippen LogP contribution in [0.5, 0.6) is 0 Å². The van der Waals surface area contributed by atoms with Crippen LogP contribution in [0.15, 0.2) is 36.9 Å². The molecule has 2 unspecified atom stereocenters. The van der Waals surface area contributed by atoms with E-state index in [1.165, 1.54) is 12.1 Å². The smallest absolute Gasteiger partial charge is 0.123 e. The molecule has 1 rings (SSSR count). The van der Waals surface area contributed by atoms with Crippen LogP contribution in [0.2, 0.25) is 0 Å². The van der Waals surface area contributed by atoms with E-state index in [0.717, 1.165) is 18.4 Å². The lowest BCUT2D eigenvalue weighted by molar-refractivity contribution is 0.467. The van der Waals surface area contributed by atoms with Crippen LogP contribution < -0.4 is 5.32 Å². The summed E-state index contributed by atoms with van der Waals surface area (Å²) in [6.07, 6.45) is 3.80. The topological polar surface area (TPSA) is 12.0 Å². The summed E-state index contributed by atoms with van der Waals surface area (Å²) >= 11 is 0. The summed E-state index contributed by atoms with van der Waals surface area (Å²) in [5.74, 6) is -0.176. The zero-order chi connectivity index (χ0) is 12.0. The Morgan fingerprint density at radius 2 is 1.88 bits per heavy atom. The van der Waals surface area contributed by atoms with E-state index in [1.54, 1.807) is 0 Å². The summed E-state index contributed by atoms with van der Waals surface area (Å²) in [7, 11) is 0. The van der Waals surface area contributed by atoms with Gasteiger partial charge in [-0.25, -0.2) is 4.39 Å². The molecule has 1 N–H and O–H groups in total. The van der Waals surface area contributed by atoms with Gasteiger partial charge in [-0.2, -0.15) is 0 Å². The van der Waals surface area contributed by atoms with Crippen molar-refractivity contribution in [3.63, 3.8) is 0 Å². The highest BCUT2D eigenvalue weighted by Gasteiger charge is 2.06. The Labute approximate surface area is 97.4 Å². The van der Waals surface area contributed by atoms with Gasteiger partial charge in [0.1, 0.15) is 5.82 Å². The molecule has 0 aliphatic heterocycles. The van der Waals surface area contributed by atoms with Crippen molar-refractivity contribution in [3.05, 3.63) is 48.3 Å². The van der Waals surface area contributed by atoms with Gasteiger partial charge in [-0.15, -0.1) is 6.58 Å². The van der Waals surface area contributed by atoms with E-state index in [1.807, 2.05) is 18.2 Å². The third kappa shape index (κ3) is 4.58. The minimum absolute atomic E-state index is 0.176. The van der Waals surface area contributed by atoms with Crippen molar-refractivity contribution in [2.24, 2.45) is 0 Å². The molecule has 0 spiro atoms. The highest BCUT2D eigenvalue weighted by Crippen LogP contribution is 2.06. The zero-order valence-corrected chi connectivity index (χ0v) is 10.0. The lowest BCUT2D eigenvalue weighted by Gasteiger charge is -2.19. The van der Waals surface area contributed by atoms with Gasteiger partial charge in [-0.3, -0.25) is 0 Å². The molecule has 2 atom stereocenters. The van der Waals surface area contributed by atoms with Gasteiger partial charge in [0.05, 0.1) is 0 Å². The van der Waals surface area contributed by atoms with Gasteiger partial charge in [0.2, 0.25) is 0 Å². The molecule has 1 aromatic rings. The van der Waals surface area contributed by atoms with E-state index < -0.39 is 0 Å². The van der Waals surface area contributed by atoms with Gasteiger partial charge in [-0.05, 0) is 44.4 Å². The minimum atomic E-state index is -0.176. The molecule has 0 aliphatic rings. The third-order valence-electron chi connectivity index (χ3n) is 2.54. The second kappa shape index (κ2) is 6.44. The number of hydrogen-bond acceptors (Lipinski definition) is 1. The third-order valence-corrected chi connectivity index (χ3v) is 2.54. The summed E-state index contributed by atoms with van der Waals surface area (Å²) < 4.78 is 12.7. The van der Waals surface area contributed by atoms with Crippen molar-refractivity contribution in [3.8, 4) is 0 Å². The van der Waals surface area contributed by atoms with Crippen LogP contribution in [0.3, 0.4) is 0 Å². The monoisotopic (exact) mass is 221 g/mol. The predicted octanol–water partition coefficient (Wildman–Crippen LogP) is 3.31.